The number of esters is 1. The molecule has 2 heterocycles. The molecular formula is C22H29N2O3S+. The number of quaternary nitrogens is 1. The van der Waals surface area contributed by atoms with E-state index in [0.717, 1.165) is 35.6 Å². The molecule has 3 rings (SSSR count). The minimum atomic E-state index is -0.386. The van der Waals surface area contributed by atoms with E-state index in [0.29, 0.717) is 23.6 Å². The Morgan fingerprint density at radius 3 is 2.54 bits per heavy atom. The van der Waals surface area contributed by atoms with Gasteiger partial charge in [0, 0.05) is 10.4 Å². The quantitative estimate of drug-likeness (QED) is 0.700. The third-order valence-electron chi connectivity index (χ3n) is 5.15. The lowest BCUT2D eigenvalue weighted by Crippen LogP contribution is -3.12. The molecule has 0 aliphatic carbocycles. The fourth-order valence-corrected chi connectivity index (χ4v) is 4.84. The van der Waals surface area contributed by atoms with Gasteiger partial charge in [-0.2, -0.15) is 0 Å². The number of likely N-dealkylation sites (tertiary alicyclic amines) is 1. The van der Waals surface area contributed by atoms with Gasteiger partial charge in [0.15, 0.2) is 0 Å². The number of hydrogen-bond donors (Lipinski definition) is 2. The van der Waals surface area contributed by atoms with Gasteiger partial charge in [-0.25, -0.2) is 4.79 Å². The first-order valence-corrected chi connectivity index (χ1v) is 10.9. The molecule has 2 N–H and O–H groups in total. The second-order valence-corrected chi connectivity index (χ2v) is 8.41. The molecule has 5 nitrogen and oxygen atoms in total. The number of ether oxygens (including phenoxy) is 1. The van der Waals surface area contributed by atoms with Crippen LogP contribution >= 0.6 is 11.3 Å². The lowest BCUT2D eigenvalue weighted by atomic mass is 10.0. The summed E-state index contributed by atoms with van der Waals surface area (Å²) in [5.41, 5.74) is 2.27. The summed E-state index contributed by atoms with van der Waals surface area (Å²) < 4.78 is 5.29. The largest absolute Gasteiger partial charge is 0.462 e. The molecule has 0 bridgehead atoms. The highest BCUT2D eigenvalue weighted by Gasteiger charge is 2.25. The van der Waals surface area contributed by atoms with Crippen molar-refractivity contribution in [3.8, 4) is 11.1 Å². The van der Waals surface area contributed by atoms with Crippen LogP contribution in [0.15, 0.2) is 30.3 Å². The number of carbonyl (C=O) groups is 2. The lowest BCUT2D eigenvalue weighted by molar-refractivity contribution is -0.904. The molecule has 0 spiro atoms. The van der Waals surface area contributed by atoms with Crippen molar-refractivity contribution in [1.29, 1.82) is 0 Å². The van der Waals surface area contributed by atoms with Crippen LogP contribution in [0.5, 0.6) is 0 Å². The summed E-state index contributed by atoms with van der Waals surface area (Å²) in [5, 5.41) is 3.58. The number of nitrogens with one attached hydrogen (secondary N) is 2. The molecule has 2 aromatic rings. The van der Waals surface area contributed by atoms with Crippen LogP contribution in [-0.2, 0) is 9.53 Å². The van der Waals surface area contributed by atoms with E-state index in [1.165, 1.54) is 35.5 Å². The molecule has 1 amide bonds. The zero-order valence-electron chi connectivity index (χ0n) is 16.7. The SMILES string of the molecule is CCOC(=O)c1c(NC(=O)CC[NH+]2CCCCC2)sc(C)c1-c1ccccc1. The summed E-state index contributed by atoms with van der Waals surface area (Å²) in [4.78, 5) is 27.8. The molecular weight excluding hydrogens is 372 g/mol. The van der Waals surface area contributed by atoms with Crippen LogP contribution in [0.2, 0.25) is 0 Å². The number of anilines is 1. The van der Waals surface area contributed by atoms with E-state index in [2.05, 4.69) is 5.32 Å². The summed E-state index contributed by atoms with van der Waals surface area (Å²) >= 11 is 1.44. The Kier molecular flexibility index (Phi) is 7.23. The lowest BCUT2D eigenvalue weighted by Gasteiger charge is -2.23. The molecule has 150 valence electrons. The highest BCUT2D eigenvalue weighted by Crippen LogP contribution is 2.40. The van der Waals surface area contributed by atoms with E-state index in [1.54, 1.807) is 6.92 Å². The van der Waals surface area contributed by atoms with Crippen LogP contribution < -0.4 is 10.2 Å². The first-order valence-electron chi connectivity index (χ1n) is 10.1. The molecule has 0 radical (unpaired) electrons. The van der Waals surface area contributed by atoms with Crippen molar-refractivity contribution in [3.05, 3.63) is 40.8 Å². The number of benzene rings is 1. The van der Waals surface area contributed by atoms with Crippen molar-refractivity contribution in [2.45, 2.75) is 39.5 Å². The Labute approximate surface area is 170 Å². The molecule has 0 saturated carbocycles. The molecule has 1 aromatic carbocycles. The number of amides is 1. The molecule has 1 saturated heterocycles. The maximum absolute atomic E-state index is 12.7. The highest BCUT2D eigenvalue weighted by molar-refractivity contribution is 7.17. The van der Waals surface area contributed by atoms with Gasteiger partial charge in [0.25, 0.3) is 0 Å². The van der Waals surface area contributed by atoms with Crippen molar-refractivity contribution >= 4 is 28.2 Å². The second-order valence-electron chi connectivity index (χ2n) is 7.18. The van der Waals surface area contributed by atoms with Crippen LogP contribution in [0.25, 0.3) is 11.1 Å². The maximum Gasteiger partial charge on any atom is 0.341 e. The molecule has 1 fully saturated rings. The standard InChI is InChI=1S/C22H28N2O3S/c1-3-27-22(26)20-19(17-10-6-4-7-11-17)16(2)28-21(20)23-18(25)12-15-24-13-8-5-9-14-24/h4,6-7,10-11H,3,5,8-9,12-15H2,1-2H3,(H,23,25)/p+1. The Hall–Kier alpha value is -2.18. The Morgan fingerprint density at radius 2 is 1.86 bits per heavy atom. The van der Waals surface area contributed by atoms with Gasteiger partial charge in [-0.1, -0.05) is 30.3 Å². The minimum Gasteiger partial charge on any atom is -0.462 e. The number of hydrogen-bond acceptors (Lipinski definition) is 4. The van der Waals surface area contributed by atoms with Gasteiger partial charge >= 0.3 is 5.97 Å². The van der Waals surface area contributed by atoms with Crippen molar-refractivity contribution in [3.63, 3.8) is 0 Å². The molecule has 0 unspecified atom stereocenters. The summed E-state index contributed by atoms with van der Waals surface area (Å²) in [5.74, 6) is -0.424. The number of thiophene rings is 1. The molecule has 1 aromatic heterocycles. The first-order chi connectivity index (χ1) is 13.6. The predicted octanol–water partition coefficient (Wildman–Crippen LogP) is 3.30. The van der Waals surface area contributed by atoms with E-state index < -0.39 is 0 Å². The van der Waals surface area contributed by atoms with Gasteiger partial charge in [0.2, 0.25) is 5.91 Å². The maximum atomic E-state index is 12.7. The number of aryl methyl sites for hydroxylation is 1. The van der Waals surface area contributed by atoms with Crippen LogP contribution in [0, 0.1) is 6.92 Å². The van der Waals surface area contributed by atoms with Gasteiger partial charge in [0.05, 0.1) is 32.7 Å². The second kappa shape index (κ2) is 9.85. The highest BCUT2D eigenvalue weighted by atomic mass is 32.1. The van der Waals surface area contributed by atoms with E-state index in [1.807, 2.05) is 37.3 Å². The summed E-state index contributed by atoms with van der Waals surface area (Å²) in [6.45, 7) is 7.21. The predicted molar refractivity (Wildman–Crippen MR) is 113 cm³/mol. The fraction of sp³-hybridized carbons (Fsp3) is 0.455. The van der Waals surface area contributed by atoms with Crippen LogP contribution in [0.1, 0.15) is 47.8 Å². The van der Waals surface area contributed by atoms with Gasteiger partial charge < -0.3 is 15.0 Å². The molecule has 0 atom stereocenters. The van der Waals surface area contributed by atoms with E-state index in [-0.39, 0.29) is 11.9 Å². The Bertz CT molecular complexity index is 811. The van der Waals surface area contributed by atoms with Crippen molar-refractivity contribution < 1.29 is 19.2 Å². The number of carbonyl (C=O) groups excluding carboxylic acids is 2. The Morgan fingerprint density at radius 1 is 1.14 bits per heavy atom. The summed E-state index contributed by atoms with van der Waals surface area (Å²) in [7, 11) is 0. The first kappa shape index (κ1) is 20.6. The monoisotopic (exact) mass is 401 g/mol. The van der Waals surface area contributed by atoms with Crippen molar-refractivity contribution in [1.82, 2.24) is 0 Å². The average Bonchev–Trinajstić information content (AvgIpc) is 3.03. The van der Waals surface area contributed by atoms with Gasteiger partial charge in [-0.3, -0.25) is 4.79 Å². The van der Waals surface area contributed by atoms with Gasteiger partial charge in [-0.15, -0.1) is 11.3 Å². The number of rotatable bonds is 7. The molecule has 1 aliphatic rings. The van der Waals surface area contributed by atoms with E-state index >= 15 is 0 Å². The third kappa shape index (κ3) is 5.00. The van der Waals surface area contributed by atoms with Crippen LogP contribution in [-0.4, -0.2) is 38.1 Å². The van der Waals surface area contributed by atoms with Gasteiger partial charge in [0.1, 0.15) is 10.6 Å². The van der Waals surface area contributed by atoms with Crippen LogP contribution in [0.4, 0.5) is 5.00 Å². The smallest absolute Gasteiger partial charge is 0.341 e. The fourth-order valence-electron chi connectivity index (χ4n) is 3.76. The zero-order chi connectivity index (χ0) is 19.9. The van der Waals surface area contributed by atoms with Crippen LogP contribution in [0.3, 0.4) is 0 Å². The average molecular weight is 402 g/mol. The van der Waals surface area contributed by atoms with Crippen molar-refractivity contribution in [2.24, 2.45) is 0 Å². The molecule has 6 heteroatoms. The van der Waals surface area contributed by atoms with E-state index in [9.17, 15) is 9.59 Å². The third-order valence-corrected chi connectivity index (χ3v) is 6.17. The summed E-state index contributed by atoms with van der Waals surface area (Å²) in [6.07, 6.45) is 4.26. The normalized spacial score (nSPS) is 14.6. The molecule has 28 heavy (non-hydrogen) atoms. The van der Waals surface area contributed by atoms with Gasteiger partial charge in [-0.05, 0) is 38.7 Å². The zero-order valence-corrected chi connectivity index (χ0v) is 17.5. The summed E-state index contributed by atoms with van der Waals surface area (Å²) in [6, 6.07) is 9.79. The molecule has 1 aliphatic heterocycles. The number of piperidine rings is 1. The van der Waals surface area contributed by atoms with E-state index in [4.69, 9.17) is 4.74 Å². The topological polar surface area (TPSA) is 59.8 Å². The Balaban J connectivity index is 1.79. The van der Waals surface area contributed by atoms with Crippen molar-refractivity contribution in [2.75, 3.05) is 31.6 Å². The minimum absolute atomic E-state index is 0.0375.